The van der Waals surface area contributed by atoms with Gasteiger partial charge in [-0.2, -0.15) is 0 Å². The number of aromatic nitrogens is 2. The molecule has 2 N–H and O–H groups in total. The fourth-order valence-electron chi connectivity index (χ4n) is 3.96. The van der Waals surface area contributed by atoms with Gasteiger partial charge in [-0.15, -0.1) is 0 Å². The fourth-order valence-corrected chi connectivity index (χ4v) is 3.96. The lowest BCUT2D eigenvalue weighted by Crippen LogP contribution is -2.36. The minimum absolute atomic E-state index is 0.319. The lowest BCUT2D eigenvalue weighted by Gasteiger charge is -2.32. The third kappa shape index (κ3) is 2.72. The van der Waals surface area contributed by atoms with E-state index in [1.807, 2.05) is 0 Å². The Morgan fingerprint density at radius 2 is 1.81 bits per heavy atom. The van der Waals surface area contributed by atoms with Crippen molar-refractivity contribution in [2.24, 2.45) is 5.92 Å². The van der Waals surface area contributed by atoms with Crippen molar-refractivity contribution < 1.29 is 0 Å². The lowest BCUT2D eigenvalue weighted by molar-refractivity contribution is 0.428. The molecule has 1 unspecified atom stereocenters. The van der Waals surface area contributed by atoms with Crippen LogP contribution in [0.3, 0.4) is 0 Å². The van der Waals surface area contributed by atoms with Gasteiger partial charge in [-0.3, -0.25) is 0 Å². The van der Waals surface area contributed by atoms with E-state index in [1.54, 1.807) is 0 Å². The largest absolute Gasteiger partial charge is 0.383 e. The summed E-state index contributed by atoms with van der Waals surface area (Å²) in [6.45, 7) is 7.45. The molecule has 1 saturated carbocycles. The molecule has 1 saturated heterocycles. The minimum atomic E-state index is 0.319. The zero-order valence-electron chi connectivity index (χ0n) is 13.6. The van der Waals surface area contributed by atoms with Crippen molar-refractivity contribution in [1.82, 2.24) is 9.97 Å². The molecule has 0 bridgehead atoms. The van der Waals surface area contributed by atoms with E-state index in [0.717, 1.165) is 29.7 Å². The Hall–Kier alpha value is -1.32. The lowest BCUT2D eigenvalue weighted by atomic mass is 9.96. The summed E-state index contributed by atoms with van der Waals surface area (Å²) in [6, 6.07) is 0.667. The second kappa shape index (κ2) is 5.82. The highest BCUT2D eigenvalue weighted by Crippen LogP contribution is 2.38. The van der Waals surface area contributed by atoms with Crippen molar-refractivity contribution in [2.75, 3.05) is 17.2 Å². The summed E-state index contributed by atoms with van der Waals surface area (Å²) < 4.78 is 0. The van der Waals surface area contributed by atoms with Crippen molar-refractivity contribution in [3.63, 3.8) is 0 Å². The summed E-state index contributed by atoms with van der Waals surface area (Å²) in [5.41, 5.74) is 7.21. The molecule has 1 aromatic rings. The summed E-state index contributed by atoms with van der Waals surface area (Å²) in [5.74, 6) is 3.80. The van der Waals surface area contributed by atoms with Gasteiger partial charge in [-0.1, -0.05) is 26.7 Å². The SMILES string of the molecule is Cc1c(N)nc(C(C)C)nc1N1CCCC1C1CCCC1. The van der Waals surface area contributed by atoms with Crippen molar-refractivity contribution in [1.29, 1.82) is 0 Å². The van der Waals surface area contributed by atoms with Gasteiger partial charge in [0.15, 0.2) is 0 Å². The Balaban J connectivity index is 1.94. The van der Waals surface area contributed by atoms with Crippen LogP contribution >= 0.6 is 0 Å². The second-order valence-corrected chi connectivity index (χ2v) is 7.02. The Bertz CT molecular complexity index is 506. The van der Waals surface area contributed by atoms with E-state index in [4.69, 9.17) is 10.7 Å². The quantitative estimate of drug-likeness (QED) is 0.922. The standard InChI is InChI=1S/C17H28N4/c1-11(2)16-19-15(18)12(3)17(20-16)21-10-6-9-14(21)13-7-4-5-8-13/h11,13-14H,4-10H2,1-3H3,(H2,18,19,20). The Morgan fingerprint density at radius 3 is 2.48 bits per heavy atom. The molecule has 21 heavy (non-hydrogen) atoms. The average molecular weight is 288 g/mol. The van der Waals surface area contributed by atoms with Crippen LogP contribution in [-0.4, -0.2) is 22.6 Å². The van der Waals surface area contributed by atoms with Gasteiger partial charge in [-0.05, 0) is 38.5 Å². The highest BCUT2D eigenvalue weighted by atomic mass is 15.2. The third-order valence-corrected chi connectivity index (χ3v) is 5.21. The number of nitrogens with two attached hydrogens (primary N) is 1. The molecule has 2 fully saturated rings. The maximum absolute atomic E-state index is 6.15. The van der Waals surface area contributed by atoms with E-state index in [0.29, 0.717) is 17.8 Å². The summed E-state index contributed by atoms with van der Waals surface area (Å²) in [5, 5.41) is 0. The molecule has 2 heterocycles. The van der Waals surface area contributed by atoms with Crippen LogP contribution in [0.25, 0.3) is 0 Å². The molecule has 1 atom stereocenters. The highest BCUT2D eigenvalue weighted by Gasteiger charge is 2.35. The summed E-state index contributed by atoms with van der Waals surface area (Å²) in [6.07, 6.45) is 8.16. The van der Waals surface area contributed by atoms with E-state index in [1.165, 1.54) is 38.5 Å². The van der Waals surface area contributed by atoms with Gasteiger partial charge in [0.25, 0.3) is 0 Å². The molecular formula is C17H28N4. The van der Waals surface area contributed by atoms with E-state index in [2.05, 4.69) is 30.7 Å². The molecule has 3 rings (SSSR count). The maximum Gasteiger partial charge on any atom is 0.137 e. The second-order valence-electron chi connectivity index (χ2n) is 7.02. The first-order valence-corrected chi connectivity index (χ1v) is 8.48. The minimum Gasteiger partial charge on any atom is -0.383 e. The first-order chi connectivity index (χ1) is 10.1. The monoisotopic (exact) mass is 288 g/mol. The van der Waals surface area contributed by atoms with E-state index in [-0.39, 0.29) is 0 Å². The van der Waals surface area contributed by atoms with Crippen LogP contribution in [-0.2, 0) is 0 Å². The highest BCUT2D eigenvalue weighted by molar-refractivity contribution is 5.57. The van der Waals surface area contributed by atoms with Crippen LogP contribution in [0.15, 0.2) is 0 Å². The molecule has 0 amide bonds. The number of rotatable bonds is 3. The van der Waals surface area contributed by atoms with Gasteiger partial charge in [-0.25, -0.2) is 9.97 Å². The zero-order chi connectivity index (χ0) is 15.0. The molecule has 0 radical (unpaired) electrons. The van der Waals surface area contributed by atoms with Crippen LogP contribution in [0, 0.1) is 12.8 Å². The number of anilines is 2. The first kappa shape index (κ1) is 14.6. The van der Waals surface area contributed by atoms with Crippen molar-refractivity contribution in [2.45, 2.75) is 71.3 Å². The van der Waals surface area contributed by atoms with Crippen LogP contribution in [0.2, 0.25) is 0 Å². The number of hydrogen-bond donors (Lipinski definition) is 1. The third-order valence-electron chi connectivity index (χ3n) is 5.21. The normalized spacial score (nSPS) is 23.4. The summed E-state index contributed by atoms with van der Waals surface area (Å²) in [7, 11) is 0. The molecule has 2 aliphatic rings. The van der Waals surface area contributed by atoms with Gasteiger partial charge < -0.3 is 10.6 Å². The van der Waals surface area contributed by atoms with Gasteiger partial charge in [0.1, 0.15) is 17.5 Å². The summed E-state index contributed by atoms with van der Waals surface area (Å²) >= 11 is 0. The average Bonchev–Trinajstić information content (AvgIpc) is 3.10. The van der Waals surface area contributed by atoms with Gasteiger partial charge >= 0.3 is 0 Å². The predicted molar refractivity (Wildman–Crippen MR) is 87.6 cm³/mol. The van der Waals surface area contributed by atoms with Gasteiger partial charge in [0.05, 0.1) is 0 Å². The molecule has 1 aromatic heterocycles. The summed E-state index contributed by atoms with van der Waals surface area (Å²) in [4.78, 5) is 11.9. The van der Waals surface area contributed by atoms with Crippen LogP contribution in [0.4, 0.5) is 11.6 Å². The van der Waals surface area contributed by atoms with Crippen molar-refractivity contribution >= 4 is 11.6 Å². The molecule has 116 valence electrons. The van der Waals surface area contributed by atoms with E-state index >= 15 is 0 Å². The number of nitrogen functional groups attached to an aromatic ring is 1. The Morgan fingerprint density at radius 1 is 1.10 bits per heavy atom. The van der Waals surface area contributed by atoms with E-state index < -0.39 is 0 Å². The molecule has 4 nitrogen and oxygen atoms in total. The topological polar surface area (TPSA) is 55.0 Å². The number of nitrogens with zero attached hydrogens (tertiary/aromatic N) is 3. The van der Waals surface area contributed by atoms with E-state index in [9.17, 15) is 0 Å². The molecule has 4 heteroatoms. The first-order valence-electron chi connectivity index (χ1n) is 8.48. The van der Waals surface area contributed by atoms with Crippen molar-refractivity contribution in [3.05, 3.63) is 11.4 Å². The molecule has 0 aromatic carbocycles. The van der Waals surface area contributed by atoms with Crippen LogP contribution < -0.4 is 10.6 Å². The Kier molecular flexibility index (Phi) is 4.05. The van der Waals surface area contributed by atoms with Gasteiger partial charge in [0.2, 0.25) is 0 Å². The molecule has 1 aliphatic heterocycles. The Labute approximate surface area is 128 Å². The number of hydrogen-bond acceptors (Lipinski definition) is 4. The smallest absolute Gasteiger partial charge is 0.137 e. The maximum atomic E-state index is 6.15. The zero-order valence-corrected chi connectivity index (χ0v) is 13.6. The predicted octanol–water partition coefficient (Wildman–Crippen LogP) is 3.65. The molecule has 1 aliphatic carbocycles. The molecule has 0 spiro atoms. The van der Waals surface area contributed by atoms with Crippen LogP contribution in [0.1, 0.15) is 69.7 Å². The molecular weight excluding hydrogens is 260 g/mol. The fraction of sp³-hybridized carbons (Fsp3) is 0.765. The van der Waals surface area contributed by atoms with Gasteiger partial charge in [0, 0.05) is 24.1 Å². The van der Waals surface area contributed by atoms with Crippen molar-refractivity contribution in [3.8, 4) is 0 Å². The van der Waals surface area contributed by atoms with Crippen LogP contribution in [0.5, 0.6) is 0 Å².